The van der Waals surface area contributed by atoms with Gasteiger partial charge in [-0.3, -0.25) is 4.79 Å². The summed E-state index contributed by atoms with van der Waals surface area (Å²) in [6, 6.07) is 0. The van der Waals surface area contributed by atoms with Crippen LogP contribution >= 0.6 is 11.8 Å². The number of esters is 1. The molecule has 4 nitrogen and oxygen atoms in total. The van der Waals surface area contributed by atoms with Crippen molar-refractivity contribution in [3.8, 4) is 0 Å². The zero-order chi connectivity index (χ0) is 13.3. The van der Waals surface area contributed by atoms with Crippen LogP contribution in [0.2, 0.25) is 0 Å². The van der Waals surface area contributed by atoms with Gasteiger partial charge in [-0.15, -0.1) is 0 Å². The van der Waals surface area contributed by atoms with Gasteiger partial charge in [0.05, 0.1) is 0 Å². The minimum atomic E-state index is -0.993. The summed E-state index contributed by atoms with van der Waals surface area (Å²) in [4.78, 5) is 22.6. The molecule has 1 aliphatic carbocycles. The molecule has 0 radical (unpaired) electrons. The van der Waals surface area contributed by atoms with Gasteiger partial charge in [-0.25, -0.2) is 0 Å². The zero-order valence-electron chi connectivity index (χ0n) is 10.8. The Bertz CT molecular complexity index is 344. The normalized spacial score (nSPS) is 36.9. The average Bonchev–Trinajstić information content (AvgIpc) is 2.31. The lowest BCUT2D eigenvalue weighted by Crippen LogP contribution is -2.49. The van der Waals surface area contributed by atoms with E-state index in [1.807, 2.05) is 0 Å². The largest absolute Gasteiger partial charge is 0.550 e. The van der Waals surface area contributed by atoms with Crippen molar-refractivity contribution in [1.29, 1.82) is 0 Å². The first-order chi connectivity index (χ1) is 8.52. The van der Waals surface area contributed by atoms with Gasteiger partial charge in [-0.2, -0.15) is 11.8 Å². The highest BCUT2D eigenvalue weighted by atomic mass is 32.2. The highest BCUT2D eigenvalue weighted by Crippen LogP contribution is 2.45. The lowest BCUT2D eigenvalue weighted by atomic mass is 9.71. The van der Waals surface area contributed by atoms with Crippen molar-refractivity contribution in [2.75, 3.05) is 5.75 Å². The number of thioether (sulfide) groups is 1. The Morgan fingerprint density at radius 1 is 1.56 bits per heavy atom. The third-order valence-electron chi connectivity index (χ3n) is 4.09. The highest BCUT2D eigenvalue weighted by Gasteiger charge is 2.45. The van der Waals surface area contributed by atoms with Gasteiger partial charge in [0.15, 0.2) is 0 Å². The Balaban J connectivity index is 2.17. The van der Waals surface area contributed by atoms with Crippen LogP contribution in [0.15, 0.2) is 0 Å². The Morgan fingerprint density at radius 2 is 2.28 bits per heavy atom. The number of ether oxygens (including phenoxy) is 1. The Kier molecular flexibility index (Phi) is 4.20. The van der Waals surface area contributed by atoms with E-state index >= 15 is 0 Å². The zero-order valence-corrected chi connectivity index (χ0v) is 11.6. The molecule has 1 saturated heterocycles. The van der Waals surface area contributed by atoms with Crippen LogP contribution in [0.25, 0.3) is 0 Å². The van der Waals surface area contributed by atoms with Crippen molar-refractivity contribution in [2.24, 2.45) is 17.8 Å². The molecule has 5 unspecified atom stereocenters. The summed E-state index contributed by atoms with van der Waals surface area (Å²) < 4.78 is 5.28. The quantitative estimate of drug-likeness (QED) is 0.709. The predicted octanol–water partition coefficient (Wildman–Crippen LogP) is 0.836. The minimum Gasteiger partial charge on any atom is -0.550 e. The lowest BCUT2D eigenvalue weighted by Gasteiger charge is -2.46. The number of carboxylic acid groups (broad SMARTS) is 1. The van der Waals surface area contributed by atoms with E-state index in [4.69, 9.17) is 4.74 Å². The SMILES string of the molecule is CCSC1C2CC(=O)OC(C2)CC1C(C)C(=O)[O-]. The molecule has 1 aliphatic heterocycles. The maximum absolute atomic E-state index is 11.5. The van der Waals surface area contributed by atoms with Gasteiger partial charge in [0.1, 0.15) is 6.10 Å². The summed E-state index contributed by atoms with van der Waals surface area (Å²) in [6.45, 7) is 3.78. The van der Waals surface area contributed by atoms with Crippen LogP contribution in [-0.4, -0.2) is 29.0 Å². The van der Waals surface area contributed by atoms with Crippen LogP contribution < -0.4 is 5.11 Å². The molecule has 0 aromatic heterocycles. The van der Waals surface area contributed by atoms with Crippen molar-refractivity contribution in [2.45, 2.75) is 44.5 Å². The van der Waals surface area contributed by atoms with E-state index in [1.165, 1.54) is 0 Å². The molecule has 0 N–H and O–H groups in total. The molecule has 2 rings (SSSR count). The first-order valence-electron chi connectivity index (χ1n) is 6.54. The van der Waals surface area contributed by atoms with E-state index in [2.05, 4.69) is 6.92 Å². The summed E-state index contributed by atoms with van der Waals surface area (Å²) in [5.74, 6) is -0.336. The number of fused-ring (bicyclic) bond motifs is 2. The molecule has 0 aromatic carbocycles. The number of aliphatic carboxylic acids is 1. The van der Waals surface area contributed by atoms with E-state index in [0.717, 1.165) is 12.2 Å². The molecule has 2 bridgehead atoms. The van der Waals surface area contributed by atoms with Gasteiger partial charge < -0.3 is 14.6 Å². The number of carbonyl (C=O) groups excluding carboxylic acids is 2. The number of hydrogen-bond donors (Lipinski definition) is 0. The highest BCUT2D eigenvalue weighted by molar-refractivity contribution is 7.99. The van der Waals surface area contributed by atoms with E-state index in [-0.39, 0.29) is 29.2 Å². The molecule has 1 saturated carbocycles. The molecule has 102 valence electrons. The molecule has 2 aliphatic rings. The van der Waals surface area contributed by atoms with Gasteiger partial charge in [0, 0.05) is 17.6 Å². The number of carbonyl (C=O) groups is 2. The van der Waals surface area contributed by atoms with E-state index in [1.54, 1.807) is 18.7 Å². The third-order valence-corrected chi connectivity index (χ3v) is 5.54. The van der Waals surface area contributed by atoms with E-state index in [9.17, 15) is 14.7 Å². The lowest BCUT2D eigenvalue weighted by molar-refractivity contribution is -0.313. The molecule has 2 fully saturated rings. The second-order valence-corrected chi connectivity index (χ2v) is 6.69. The van der Waals surface area contributed by atoms with Crippen molar-refractivity contribution in [1.82, 2.24) is 0 Å². The first-order valence-corrected chi connectivity index (χ1v) is 7.59. The van der Waals surface area contributed by atoms with Gasteiger partial charge >= 0.3 is 5.97 Å². The Hall–Kier alpha value is -0.710. The summed E-state index contributed by atoms with van der Waals surface area (Å²) >= 11 is 1.78. The molecule has 18 heavy (non-hydrogen) atoms. The molecule has 0 aromatic rings. The van der Waals surface area contributed by atoms with Gasteiger partial charge in [-0.05, 0) is 36.3 Å². The average molecular weight is 271 g/mol. The first kappa shape index (κ1) is 13.7. The van der Waals surface area contributed by atoms with Crippen molar-refractivity contribution >= 4 is 23.7 Å². The summed E-state index contributed by atoms with van der Waals surface area (Å²) in [7, 11) is 0. The monoisotopic (exact) mass is 271 g/mol. The smallest absolute Gasteiger partial charge is 0.306 e. The van der Waals surface area contributed by atoms with Crippen LogP contribution in [0.4, 0.5) is 0 Å². The fourth-order valence-electron chi connectivity index (χ4n) is 3.21. The number of hydrogen-bond acceptors (Lipinski definition) is 5. The summed E-state index contributed by atoms with van der Waals surface area (Å²) in [5.41, 5.74) is 0. The van der Waals surface area contributed by atoms with Crippen LogP contribution in [0.1, 0.15) is 33.1 Å². The third kappa shape index (κ3) is 2.66. The second kappa shape index (κ2) is 5.51. The van der Waals surface area contributed by atoms with E-state index in [0.29, 0.717) is 12.8 Å². The molecule has 1 heterocycles. The topological polar surface area (TPSA) is 66.4 Å². The standard InChI is InChI=1S/C13H20O4S/c1-3-18-12-8-4-9(17-11(14)5-8)6-10(12)7(2)13(15)16/h7-10,12H,3-6H2,1-2H3,(H,15,16)/p-1. The molecule has 0 spiro atoms. The maximum atomic E-state index is 11.5. The van der Waals surface area contributed by atoms with Crippen LogP contribution in [-0.2, 0) is 14.3 Å². The number of rotatable bonds is 4. The molecular weight excluding hydrogens is 252 g/mol. The van der Waals surface area contributed by atoms with Crippen LogP contribution in [0.5, 0.6) is 0 Å². The minimum absolute atomic E-state index is 0.0526. The van der Waals surface area contributed by atoms with Gasteiger partial charge in [0.2, 0.25) is 0 Å². The van der Waals surface area contributed by atoms with Gasteiger partial charge in [-0.1, -0.05) is 13.8 Å². The Morgan fingerprint density at radius 3 is 2.89 bits per heavy atom. The molecule has 5 heteroatoms. The number of carboxylic acids is 1. The fraction of sp³-hybridized carbons (Fsp3) is 0.846. The molecular formula is C13H19O4S-. The summed E-state index contributed by atoms with van der Waals surface area (Å²) in [5, 5.41) is 11.3. The maximum Gasteiger partial charge on any atom is 0.306 e. The molecule has 0 amide bonds. The van der Waals surface area contributed by atoms with Crippen molar-refractivity contribution in [3.63, 3.8) is 0 Å². The van der Waals surface area contributed by atoms with Crippen molar-refractivity contribution in [3.05, 3.63) is 0 Å². The van der Waals surface area contributed by atoms with Crippen LogP contribution in [0, 0.1) is 17.8 Å². The molecule has 5 atom stereocenters. The second-order valence-electron chi connectivity index (χ2n) is 5.24. The van der Waals surface area contributed by atoms with Crippen molar-refractivity contribution < 1.29 is 19.4 Å². The van der Waals surface area contributed by atoms with Crippen LogP contribution in [0.3, 0.4) is 0 Å². The Labute approximate surface area is 111 Å². The predicted molar refractivity (Wildman–Crippen MR) is 66.8 cm³/mol. The van der Waals surface area contributed by atoms with E-state index < -0.39 is 11.9 Å². The summed E-state index contributed by atoms with van der Waals surface area (Å²) in [6.07, 6.45) is 1.90. The van der Waals surface area contributed by atoms with Gasteiger partial charge in [0.25, 0.3) is 0 Å². The fourth-order valence-corrected chi connectivity index (χ4v) is 4.67.